The molecule has 1 aromatic carbocycles. The van der Waals surface area contributed by atoms with Gasteiger partial charge in [-0.05, 0) is 71.1 Å². The van der Waals surface area contributed by atoms with Crippen LogP contribution >= 0.6 is 0 Å². The number of hydrogen-bond acceptors (Lipinski definition) is 1. The van der Waals surface area contributed by atoms with Crippen molar-refractivity contribution in [2.75, 3.05) is 0 Å². The minimum atomic E-state index is 0.397. The molecule has 2 aliphatic rings. The molecule has 23 heavy (non-hydrogen) atoms. The Labute approximate surface area is 138 Å². The summed E-state index contributed by atoms with van der Waals surface area (Å²) < 4.78 is 0. The van der Waals surface area contributed by atoms with E-state index in [1.807, 2.05) is 6.20 Å². The van der Waals surface area contributed by atoms with E-state index in [4.69, 9.17) is 0 Å². The molecule has 4 rings (SSSR count). The average molecular weight is 301 g/mol. The third-order valence-electron chi connectivity index (χ3n) is 5.39. The lowest BCUT2D eigenvalue weighted by molar-refractivity contribution is 0.751. The molecule has 0 saturated heterocycles. The van der Waals surface area contributed by atoms with Crippen molar-refractivity contribution < 1.29 is 0 Å². The predicted molar refractivity (Wildman–Crippen MR) is 97.0 cm³/mol. The molecule has 1 nitrogen and oxygen atoms in total. The molecule has 116 valence electrons. The Morgan fingerprint density at radius 3 is 2.61 bits per heavy atom. The van der Waals surface area contributed by atoms with Gasteiger partial charge in [0.15, 0.2) is 0 Å². The molecule has 1 saturated carbocycles. The van der Waals surface area contributed by atoms with Crippen LogP contribution in [-0.2, 0) is 5.41 Å². The summed E-state index contributed by atoms with van der Waals surface area (Å²) in [7, 11) is 0. The Kier molecular flexibility index (Phi) is 3.45. The molecular weight excluding hydrogens is 278 g/mol. The number of hydrogen-bond donors (Lipinski definition) is 0. The summed E-state index contributed by atoms with van der Waals surface area (Å²) in [5.41, 5.74) is 6.99. The summed E-state index contributed by atoms with van der Waals surface area (Å²) in [5, 5.41) is 0. The first-order valence-electron chi connectivity index (χ1n) is 8.60. The number of aromatic nitrogens is 1. The lowest BCUT2D eigenvalue weighted by Crippen LogP contribution is -2.07. The van der Waals surface area contributed by atoms with E-state index >= 15 is 0 Å². The Hall–Kier alpha value is -2.15. The summed E-state index contributed by atoms with van der Waals surface area (Å²) >= 11 is 0. The van der Waals surface area contributed by atoms with Gasteiger partial charge >= 0.3 is 0 Å². The van der Waals surface area contributed by atoms with Gasteiger partial charge in [0.25, 0.3) is 0 Å². The molecule has 0 aliphatic heterocycles. The van der Waals surface area contributed by atoms with E-state index in [1.54, 1.807) is 0 Å². The van der Waals surface area contributed by atoms with Crippen LogP contribution in [0.4, 0.5) is 0 Å². The van der Waals surface area contributed by atoms with Crippen molar-refractivity contribution in [2.24, 2.45) is 5.92 Å². The van der Waals surface area contributed by atoms with Crippen LogP contribution in [0.1, 0.15) is 49.9 Å². The smallest absolute Gasteiger partial charge is 0.0667 e. The van der Waals surface area contributed by atoms with Crippen molar-refractivity contribution in [1.82, 2.24) is 4.98 Å². The second kappa shape index (κ2) is 5.49. The fourth-order valence-electron chi connectivity index (χ4n) is 3.40. The van der Waals surface area contributed by atoms with E-state index in [0.29, 0.717) is 11.3 Å². The topological polar surface area (TPSA) is 12.9 Å². The predicted octanol–water partition coefficient (Wildman–Crippen LogP) is 5.64. The first kappa shape index (κ1) is 14.4. The molecule has 1 aromatic heterocycles. The maximum Gasteiger partial charge on any atom is 0.0667 e. The summed E-state index contributed by atoms with van der Waals surface area (Å²) in [6.07, 6.45) is 10.4. The monoisotopic (exact) mass is 301 g/mol. The third-order valence-corrected chi connectivity index (χ3v) is 5.39. The van der Waals surface area contributed by atoms with Crippen LogP contribution in [0, 0.1) is 5.92 Å². The minimum Gasteiger partial charge on any atom is -0.257 e. The highest BCUT2D eigenvalue weighted by Gasteiger charge is 2.39. The summed E-state index contributed by atoms with van der Waals surface area (Å²) in [6.45, 7) is 4.66. The molecule has 0 radical (unpaired) electrons. The normalized spacial score (nSPS) is 22.3. The third kappa shape index (κ3) is 2.76. The Bertz CT molecular complexity index is 779. The summed E-state index contributed by atoms with van der Waals surface area (Å²) in [4.78, 5) is 4.69. The fraction of sp³-hybridized carbons (Fsp3) is 0.318. The van der Waals surface area contributed by atoms with Gasteiger partial charge in [-0.15, -0.1) is 0 Å². The number of pyridine rings is 1. The number of rotatable bonds is 3. The van der Waals surface area contributed by atoms with Crippen LogP contribution in [0.5, 0.6) is 0 Å². The van der Waals surface area contributed by atoms with Crippen molar-refractivity contribution in [2.45, 2.75) is 38.5 Å². The molecule has 1 unspecified atom stereocenters. The highest BCUT2D eigenvalue weighted by Crippen LogP contribution is 2.48. The maximum atomic E-state index is 4.69. The number of benzene rings is 1. The van der Waals surface area contributed by atoms with Crippen LogP contribution < -0.4 is 0 Å². The lowest BCUT2D eigenvalue weighted by Gasteiger charge is -2.21. The minimum absolute atomic E-state index is 0.397. The molecule has 0 N–H and O–H groups in total. The average Bonchev–Trinajstić information content (AvgIpc) is 3.35. The molecule has 0 amide bonds. The Morgan fingerprint density at radius 1 is 1.09 bits per heavy atom. The molecule has 2 aromatic rings. The zero-order valence-electron chi connectivity index (χ0n) is 13.9. The van der Waals surface area contributed by atoms with Crippen LogP contribution in [0.25, 0.3) is 11.1 Å². The van der Waals surface area contributed by atoms with Gasteiger partial charge in [0.1, 0.15) is 0 Å². The molecule has 0 bridgehead atoms. The first-order valence-corrected chi connectivity index (χ1v) is 8.60. The van der Waals surface area contributed by atoms with E-state index < -0.39 is 0 Å². The van der Waals surface area contributed by atoms with Crippen LogP contribution in [0.15, 0.2) is 60.8 Å². The highest BCUT2D eigenvalue weighted by molar-refractivity contribution is 5.85. The van der Waals surface area contributed by atoms with Gasteiger partial charge in [-0.1, -0.05) is 50.3 Å². The van der Waals surface area contributed by atoms with Gasteiger partial charge in [0.2, 0.25) is 0 Å². The van der Waals surface area contributed by atoms with Crippen molar-refractivity contribution in [1.29, 1.82) is 0 Å². The molecule has 1 heterocycles. The van der Waals surface area contributed by atoms with E-state index in [9.17, 15) is 0 Å². The van der Waals surface area contributed by atoms with Crippen LogP contribution in [-0.4, -0.2) is 4.98 Å². The second-order valence-electron chi connectivity index (χ2n) is 7.25. The van der Waals surface area contributed by atoms with Gasteiger partial charge in [0, 0.05) is 6.20 Å². The molecular formula is C22H23N. The number of nitrogens with zero attached hydrogens (tertiary/aromatic N) is 1. The van der Waals surface area contributed by atoms with Gasteiger partial charge in [0.05, 0.1) is 5.69 Å². The summed E-state index contributed by atoms with van der Waals surface area (Å²) in [6, 6.07) is 15.2. The quantitative estimate of drug-likeness (QED) is 0.715. The number of allylic oxidation sites excluding steroid dienone is 4. The van der Waals surface area contributed by atoms with Gasteiger partial charge in [-0.3, -0.25) is 4.98 Å². The van der Waals surface area contributed by atoms with E-state index in [0.717, 1.165) is 12.1 Å². The van der Waals surface area contributed by atoms with E-state index in [2.05, 4.69) is 73.4 Å². The lowest BCUT2D eigenvalue weighted by atomic mass is 9.84. The zero-order chi connectivity index (χ0) is 15.9. The van der Waals surface area contributed by atoms with E-state index in [1.165, 1.54) is 35.1 Å². The van der Waals surface area contributed by atoms with Crippen molar-refractivity contribution in [3.05, 3.63) is 77.6 Å². The molecule has 1 atom stereocenters. The van der Waals surface area contributed by atoms with Crippen LogP contribution in [0.3, 0.4) is 0 Å². The second-order valence-corrected chi connectivity index (χ2v) is 7.25. The Morgan fingerprint density at radius 2 is 1.87 bits per heavy atom. The van der Waals surface area contributed by atoms with Crippen LogP contribution in [0.2, 0.25) is 0 Å². The highest BCUT2D eigenvalue weighted by atomic mass is 14.7. The first-order chi connectivity index (χ1) is 11.2. The standard InChI is InChI=1S/C22H23N/c1-16-8-9-18(17-6-4-3-5-7-17)14-20(16)21-15-19(10-13-23-21)22(2)11-12-22/h3-7,9-10,13-16H,8,11-12H2,1-2H3. The fourth-order valence-corrected chi connectivity index (χ4v) is 3.40. The molecule has 1 fully saturated rings. The molecule has 1 heteroatoms. The largest absolute Gasteiger partial charge is 0.257 e. The van der Waals surface area contributed by atoms with E-state index in [-0.39, 0.29) is 0 Å². The SMILES string of the molecule is CC1CC=C(c2ccccc2)C=C1c1cc(C2(C)CC2)ccn1. The maximum absolute atomic E-state index is 4.69. The molecule has 0 spiro atoms. The van der Waals surface area contributed by atoms with Gasteiger partial charge < -0.3 is 0 Å². The van der Waals surface area contributed by atoms with Gasteiger partial charge in [-0.2, -0.15) is 0 Å². The van der Waals surface area contributed by atoms with Crippen molar-refractivity contribution in [3.8, 4) is 0 Å². The van der Waals surface area contributed by atoms with Crippen molar-refractivity contribution >= 4 is 11.1 Å². The summed E-state index contributed by atoms with van der Waals surface area (Å²) in [5.74, 6) is 0.525. The Balaban J connectivity index is 1.72. The van der Waals surface area contributed by atoms with Gasteiger partial charge in [-0.25, -0.2) is 0 Å². The molecule has 2 aliphatic carbocycles. The zero-order valence-corrected chi connectivity index (χ0v) is 13.9. The van der Waals surface area contributed by atoms with Crippen molar-refractivity contribution in [3.63, 3.8) is 0 Å².